The van der Waals surface area contributed by atoms with Gasteiger partial charge in [0.1, 0.15) is 22.4 Å². The van der Waals surface area contributed by atoms with Crippen molar-refractivity contribution in [1.29, 1.82) is 0 Å². The van der Waals surface area contributed by atoms with Crippen molar-refractivity contribution in [2.45, 2.75) is 20.0 Å². The van der Waals surface area contributed by atoms with Gasteiger partial charge in [0.15, 0.2) is 6.10 Å². The van der Waals surface area contributed by atoms with Crippen LogP contribution in [0.15, 0.2) is 48.5 Å². The number of carbonyl (C=O) groups excluding carboxylic acids is 2. The summed E-state index contributed by atoms with van der Waals surface area (Å²) in [7, 11) is 0. The molecule has 0 radical (unpaired) electrons. The number of hydrogen-bond acceptors (Lipinski definition) is 4. The number of esters is 1. The third kappa shape index (κ3) is 4.43. The van der Waals surface area contributed by atoms with E-state index in [0.29, 0.717) is 17.4 Å². The highest BCUT2D eigenvalue weighted by Crippen LogP contribution is 2.25. The molecule has 0 aliphatic carbocycles. The fourth-order valence-electron chi connectivity index (χ4n) is 2.57. The third-order valence-corrected chi connectivity index (χ3v) is 4.40. The average Bonchev–Trinajstić information content (AvgIpc) is 2.98. The number of aryl methyl sites for hydroxylation is 1. The van der Waals surface area contributed by atoms with Crippen LogP contribution in [0, 0.1) is 18.6 Å². The van der Waals surface area contributed by atoms with Crippen molar-refractivity contribution in [2.75, 3.05) is 5.32 Å². The molecule has 1 N–H and O–H groups in total. The van der Waals surface area contributed by atoms with Crippen LogP contribution in [0.5, 0.6) is 0 Å². The van der Waals surface area contributed by atoms with Crippen molar-refractivity contribution in [3.63, 3.8) is 0 Å². The molecule has 0 spiro atoms. The smallest absolute Gasteiger partial charge is 0.344 e. The number of hydrogen-bond donors (Lipinski definition) is 1. The van der Waals surface area contributed by atoms with E-state index in [1.165, 1.54) is 11.6 Å². The summed E-state index contributed by atoms with van der Waals surface area (Å²) in [6.07, 6.45) is -1.26. The Balaban J connectivity index is 1.74. The minimum absolute atomic E-state index is 0.0168. The van der Waals surface area contributed by atoms with E-state index < -0.39 is 29.6 Å². The van der Waals surface area contributed by atoms with Gasteiger partial charge in [-0.05, 0) is 38.1 Å². The summed E-state index contributed by atoms with van der Waals surface area (Å²) in [5.41, 5.74) is 0.756. The second kappa shape index (κ2) is 8.40. The maximum atomic E-state index is 13.7. The minimum Gasteiger partial charge on any atom is -0.449 e. The molecule has 6 nitrogen and oxygen atoms in total. The number of anilines is 1. The van der Waals surface area contributed by atoms with E-state index in [-0.39, 0.29) is 16.4 Å². The predicted octanol–water partition coefficient (Wildman–Crippen LogP) is 4.30. The monoisotopic (exact) mass is 419 g/mol. The van der Waals surface area contributed by atoms with E-state index in [1.807, 2.05) is 6.07 Å². The van der Waals surface area contributed by atoms with Crippen LogP contribution in [0.25, 0.3) is 5.69 Å². The number of nitrogens with one attached hydrogen (secondary N) is 1. The van der Waals surface area contributed by atoms with Gasteiger partial charge in [0, 0.05) is 6.07 Å². The summed E-state index contributed by atoms with van der Waals surface area (Å²) in [5.74, 6) is -3.36. The average molecular weight is 420 g/mol. The molecular formula is C20H16ClF2N3O3. The molecule has 0 aliphatic rings. The highest BCUT2D eigenvalue weighted by atomic mass is 35.5. The van der Waals surface area contributed by atoms with E-state index in [4.69, 9.17) is 16.3 Å². The number of carbonyl (C=O) groups is 2. The molecule has 9 heteroatoms. The fraction of sp³-hybridized carbons (Fsp3) is 0.150. The van der Waals surface area contributed by atoms with Gasteiger partial charge in [-0.3, -0.25) is 4.79 Å². The van der Waals surface area contributed by atoms with Crippen LogP contribution in [-0.4, -0.2) is 27.8 Å². The van der Waals surface area contributed by atoms with E-state index in [9.17, 15) is 18.4 Å². The first kappa shape index (κ1) is 20.5. The first-order valence-corrected chi connectivity index (χ1v) is 8.93. The Labute approximate surface area is 170 Å². The lowest BCUT2D eigenvalue weighted by Gasteiger charge is -2.14. The lowest BCUT2D eigenvalue weighted by atomic mass is 10.2. The van der Waals surface area contributed by atoms with Gasteiger partial charge < -0.3 is 10.1 Å². The molecule has 0 saturated carbocycles. The molecule has 0 fully saturated rings. The van der Waals surface area contributed by atoms with E-state index in [1.54, 1.807) is 31.2 Å². The maximum absolute atomic E-state index is 13.7. The van der Waals surface area contributed by atoms with Crippen molar-refractivity contribution in [2.24, 2.45) is 0 Å². The molecule has 1 heterocycles. The van der Waals surface area contributed by atoms with Gasteiger partial charge in [-0.25, -0.2) is 18.3 Å². The van der Waals surface area contributed by atoms with Crippen LogP contribution >= 0.6 is 11.6 Å². The number of amides is 1. The first-order valence-electron chi connectivity index (χ1n) is 8.55. The van der Waals surface area contributed by atoms with Gasteiger partial charge in [-0.15, -0.1) is 0 Å². The second-order valence-corrected chi connectivity index (χ2v) is 6.52. The largest absolute Gasteiger partial charge is 0.449 e. The Morgan fingerprint density at radius 1 is 1.17 bits per heavy atom. The molecule has 1 aromatic heterocycles. The third-order valence-electron chi connectivity index (χ3n) is 4.05. The van der Waals surface area contributed by atoms with Crippen LogP contribution in [-0.2, 0) is 9.53 Å². The number of nitrogens with zero attached hydrogens (tertiary/aromatic N) is 2. The summed E-state index contributed by atoms with van der Waals surface area (Å²) in [5, 5.41) is 6.52. The quantitative estimate of drug-likeness (QED) is 0.626. The Kier molecular flexibility index (Phi) is 5.93. The topological polar surface area (TPSA) is 73.2 Å². The van der Waals surface area contributed by atoms with Crippen LogP contribution in [0.3, 0.4) is 0 Å². The van der Waals surface area contributed by atoms with Crippen molar-refractivity contribution in [3.05, 3.63) is 76.6 Å². The molecule has 3 aromatic rings. The molecule has 150 valence electrons. The Morgan fingerprint density at radius 2 is 1.86 bits per heavy atom. The molecular weight excluding hydrogens is 404 g/mol. The molecule has 0 aliphatic heterocycles. The molecule has 29 heavy (non-hydrogen) atoms. The predicted molar refractivity (Wildman–Crippen MR) is 103 cm³/mol. The summed E-state index contributed by atoms with van der Waals surface area (Å²) in [4.78, 5) is 24.8. The normalized spacial score (nSPS) is 11.8. The number of benzene rings is 2. The summed E-state index contributed by atoms with van der Waals surface area (Å²) in [6, 6.07) is 11.6. The maximum Gasteiger partial charge on any atom is 0.344 e. The molecule has 1 unspecified atom stereocenters. The summed E-state index contributed by atoms with van der Waals surface area (Å²) in [6.45, 7) is 2.90. The Bertz CT molecular complexity index is 1070. The lowest BCUT2D eigenvalue weighted by molar-refractivity contribution is -0.123. The Morgan fingerprint density at radius 3 is 2.52 bits per heavy atom. The molecule has 0 bridgehead atoms. The van der Waals surface area contributed by atoms with Gasteiger partial charge in [-0.2, -0.15) is 5.10 Å². The van der Waals surface area contributed by atoms with Gasteiger partial charge in [0.05, 0.1) is 17.1 Å². The number of halogens is 3. The highest BCUT2D eigenvalue weighted by molar-refractivity contribution is 6.33. The minimum atomic E-state index is -1.26. The van der Waals surface area contributed by atoms with E-state index in [2.05, 4.69) is 10.4 Å². The van der Waals surface area contributed by atoms with Crippen LogP contribution in [0.4, 0.5) is 14.5 Å². The Hall–Kier alpha value is -3.26. The van der Waals surface area contributed by atoms with Crippen LogP contribution in [0.2, 0.25) is 5.15 Å². The number of ether oxygens (including phenoxy) is 1. The zero-order chi connectivity index (χ0) is 21.1. The number of rotatable bonds is 5. The summed E-state index contributed by atoms with van der Waals surface area (Å²) < 4.78 is 33.2. The van der Waals surface area contributed by atoms with Gasteiger partial charge in [0.25, 0.3) is 5.91 Å². The van der Waals surface area contributed by atoms with Gasteiger partial charge in [-0.1, -0.05) is 29.8 Å². The van der Waals surface area contributed by atoms with Crippen molar-refractivity contribution >= 4 is 29.2 Å². The van der Waals surface area contributed by atoms with Crippen molar-refractivity contribution in [3.8, 4) is 5.69 Å². The molecule has 1 amide bonds. The van der Waals surface area contributed by atoms with E-state index in [0.717, 1.165) is 12.1 Å². The van der Waals surface area contributed by atoms with E-state index >= 15 is 0 Å². The van der Waals surface area contributed by atoms with Gasteiger partial charge in [0.2, 0.25) is 0 Å². The number of para-hydroxylation sites is 1. The summed E-state index contributed by atoms with van der Waals surface area (Å²) >= 11 is 6.30. The lowest BCUT2D eigenvalue weighted by Crippen LogP contribution is -2.30. The highest BCUT2D eigenvalue weighted by Gasteiger charge is 2.26. The fourth-order valence-corrected chi connectivity index (χ4v) is 2.92. The molecule has 2 aromatic carbocycles. The van der Waals surface area contributed by atoms with Crippen LogP contribution in [0.1, 0.15) is 23.0 Å². The van der Waals surface area contributed by atoms with Crippen molar-refractivity contribution < 1.29 is 23.1 Å². The van der Waals surface area contributed by atoms with Gasteiger partial charge >= 0.3 is 5.97 Å². The first-order chi connectivity index (χ1) is 13.8. The SMILES string of the molecule is Cc1nn(-c2ccccc2)c(Cl)c1C(=O)OC(C)C(=O)Nc1ccc(F)cc1F. The zero-order valence-electron chi connectivity index (χ0n) is 15.4. The van der Waals surface area contributed by atoms with Crippen molar-refractivity contribution in [1.82, 2.24) is 9.78 Å². The number of aromatic nitrogens is 2. The zero-order valence-corrected chi connectivity index (χ0v) is 16.2. The second-order valence-electron chi connectivity index (χ2n) is 6.16. The standard InChI is InChI=1S/C20H16ClF2N3O3/c1-11-17(18(21)26(25-11)14-6-4-3-5-7-14)20(28)29-12(2)19(27)24-16-9-8-13(22)10-15(16)23/h3-10,12H,1-2H3,(H,24,27). The molecule has 3 rings (SSSR count). The molecule has 0 saturated heterocycles. The molecule has 1 atom stereocenters. The van der Waals surface area contributed by atoms with Crippen LogP contribution < -0.4 is 5.32 Å².